The molecule has 0 bridgehead atoms. The van der Waals surface area contributed by atoms with Crippen molar-refractivity contribution in [3.63, 3.8) is 0 Å². The Balaban J connectivity index is 0. The van der Waals surface area contributed by atoms with Gasteiger partial charge in [-0.3, -0.25) is 0 Å². The molecule has 0 rings (SSSR count). The molecule has 0 aliphatic heterocycles. The van der Waals surface area contributed by atoms with Crippen molar-refractivity contribution in [3.8, 4) is 0 Å². The Bertz CT molecular complexity index is 195. The maximum Gasteiger partial charge on any atom is 0.0396 e. The first-order valence-electron chi connectivity index (χ1n) is 4.61. The Hall–Kier alpha value is 0.560. The standard InChI is InChI=1S/C5H13OP.C5H13P/c1-5-7(3,4)6-2;1-5-6(2,3)4/h3,5H2,1-2,4H3;2,5H2,1,3-4H3. The number of hydrogen-bond donors (Lipinski definition) is 0. The van der Waals surface area contributed by atoms with Gasteiger partial charge in [0.1, 0.15) is 0 Å². The second-order valence-corrected chi connectivity index (χ2v) is 12.1. The zero-order chi connectivity index (χ0) is 11.1. The lowest BCUT2D eigenvalue weighted by Crippen LogP contribution is -1.83. The minimum Gasteiger partial charge on any atom is -0.365 e. The fraction of sp³-hybridized carbons (Fsp3) is 0.800. The summed E-state index contributed by atoms with van der Waals surface area (Å²) in [6.07, 6.45) is 10.2. The van der Waals surface area contributed by atoms with Gasteiger partial charge in [-0.1, -0.05) is 20.1 Å². The molecule has 13 heavy (non-hydrogen) atoms. The van der Waals surface area contributed by atoms with Crippen LogP contribution in [0.2, 0.25) is 0 Å². The van der Waals surface area contributed by atoms with E-state index in [-0.39, 0.29) is 0 Å². The molecule has 0 aliphatic carbocycles. The van der Waals surface area contributed by atoms with Crippen molar-refractivity contribution < 1.29 is 4.52 Å². The predicted molar refractivity (Wildman–Crippen MR) is 73.9 cm³/mol. The molecule has 0 aromatic carbocycles. The summed E-state index contributed by atoms with van der Waals surface area (Å²) in [7, 11) is 0.572. The van der Waals surface area contributed by atoms with Crippen LogP contribution in [0.25, 0.3) is 0 Å². The van der Waals surface area contributed by atoms with Crippen molar-refractivity contribution in [3.05, 3.63) is 0 Å². The molecule has 0 aromatic heterocycles. The third kappa shape index (κ3) is 15.3. The van der Waals surface area contributed by atoms with Crippen molar-refractivity contribution in [2.24, 2.45) is 0 Å². The van der Waals surface area contributed by atoms with E-state index in [2.05, 4.69) is 46.4 Å². The Labute approximate surface area is 84.9 Å². The van der Waals surface area contributed by atoms with Crippen molar-refractivity contribution in [1.29, 1.82) is 0 Å². The summed E-state index contributed by atoms with van der Waals surface area (Å²) < 4.78 is 5.09. The van der Waals surface area contributed by atoms with Gasteiger partial charge in [-0.05, 0) is 39.4 Å². The lowest BCUT2D eigenvalue weighted by Gasteiger charge is -2.12. The van der Waals surface area contributed by atoms with Crippen LogP contribution >= 0.6 is 14.0 Å². The normalized spacial score (nSPS) is 15.5. The maximum absolute atomic E-state index is 5.09. The fourth-order valence-electron chi connectivity index (χ4n) is 0.129. The Kier molecular flexibility index (Phi) is 8.54. The number of rotatable bonds is 3. The van der Waals surface area contributed by atoms with Crippen LogP contribution < -0.4 is 0 Å². The lowest BCUT2D eigenvalue weighted by atomic mass is 11.0. The molecule has 0 radical (unpaired) electrons. The molecule has 0 fully saturated rings. The van der Waals surface area contributed by atoms with Crippen LogP contribution in [0.3, 0.4) is 0 Å². The molecule has 0 heterocycles. The molecule has 0 saturated carbocycles. The average Bonchev–Trinajstić information content (AvgIpc) is 2.04. The lowest BCUT2D eigenvalue weighted by molar-refractivity contribution is 0.462. The van der Waals surface area contributed by atoms with E-state index in [1.165, 1.54) is 6.16 Å². The van der Waals surface area contributed by atoms with E-state index in [9.17, 15) is 0 Å². The molecule has 0 amide bonds. The molecule has 0 saturated heterocycles. The molecular formula is C10H26OP2. The summed E-state index contributed by atoms with van der Waals surface area (Å²) in [5.41, 5.74) is 0. The van der Waals surface area contributed by atoms with Gasteiger partial charge >= 0.3 is 0 Å². The summed E-state index contributed by atoms with van der Waals surface area (Å²) >= 11 is 0. The molecule has 82 valence electrons. The first-order valence-corrected chi connectivity index (χ1v) is 10.2. The molecule has 1 unspecified atom stereocenters. The van der Waals surface area contributed by atoms with Crippen LogP contribution in [0, 0.1) is 0 Å². The summed E-state index contributed by atoms with van der Waals surface area (Å²) in [5.74, 6) is 0. The van der Waals surface area contributed by atoms with Crippen molar-refractivity contribution in [2.75, 3.05) is 39.4 Å². The maximum atomic E-state index is 5.09. The van der Waals surface area contributed by atoms with E-state index in [4.69, 9.17) is 4.52 Å². The minimum atomic E-state index is -1.15. The highest BCUT2D eigenvalue weighted by molar-refractivity contribution is 7.72. The van der Waals surface area contributed by atoms with E-state index in [1.807, 2.05) is 0 Å². The monoisotopic (exact) mass is 224 g/mol. The van der Waals surface area contributed by atoms with Crippen LogP contribution in [0.5, 0.6) is 0 Å². The second-order valence-electron chi connectivity index (χ2n) is 4.05. The van der Waals surface area contributed by atoms with E-state index in [0.29, 0.717) is 0 Å². The van der Waals surface area contributed by atoms with Crippen LogP contribution in [0.1, 0.15) is 13.8 Å². The first kappa shape index (κ1) is 16.0. The van der Waals surface area contributed by atoms with Gasteiger partial charge < -0.3 is 4.52 Å². The van der Waals surface area contributed by atoms with Crippen LogP contribution in [-0.2, 0) is 4.52 Å². The third-order valence-corrected chi connectivity index (χ3v) is 5.90. The fourth-order valence-corrected chi connectivity index (χ4v) is 0.387. The molecule has 3 heteroatoms. The second kappa shape index (κ2) is 6.93. The van der Waals surface area contributed by atoms with E-state index in [0.717, 1.165) is 6.16 Å². The van der Waals surface area contributed by atoms with E-state index in [1.54, 1.807) is 7.11 Å². The highest BCUT2D eigenvalue weighted by Gasteiger charge is 1.97. The molecule has 0 aliphatic rings. The zero-order valence-electron chi connectivity index (χ0n) is 10.1. The SMILES string of the molecule is C=P(C)(C)CC.C=P(C)(CC)OC. The Morgan fingerprint density at radius 1 is 1.00 bits per heavy atom. The van der Waals surface area contributed by atoms with Gasteiger partial charge in [-0.2, -0.15) is 0 Å². The van der Waals surface area contributed by atoms with Gasteiger partial charge in [-0.25, -0.2) is 0 Å². The summed E-state index contributed by atoms with van der Waals surface area (Å²) in [6.45, 7) is 10.2. The molecular weight excluding hydrogens is 198 g/mol. The molecule has 0 N–H and O–H groups in total. The van der Waals surface area contributed by atoms with E-state index < -0.39 is 14.0 Å². The highest BCUT2D eigenvalue weighted by atomic mass is 31.2. The van der Waals surface area contributed by atoms with Crippen molar-refractivity contribution in [2.45, 2.75) is 13.8 Å². The van der Waals surface area contributed by atoms with Gasteiger partial charge in [0.2, 0.25) is 0 Å². The average molecular weight is 224 g/mol. The summed E-state index contributed by atoms with van der Waals surface area (Å²) in [4.78, 5) is 0. The van der Waals surface area contributed by atoms with Gasteiger partial charge in [0.25, 0.3) is 0 Å². The molecule has 1 atom stereocenters. The topological polar surface area (TPSA) is 9.23 Å². The smallest absolute Gasteiger partial charge is 0.0396 e. The van der Waals surface area contributed by atoms with Crippen molar-refractivity contribution in [1.82, 2.24) is 0 Å². The van der Waals surface area contributed by atoms with Gasteiger partial charge in [0.05, 0.1) is 0 Å². The van der Waals surface area contributed by atoms with Gasteiger partial charge in [0.15, 0.2) is 0 Å². The molecule has 0 spiro atoms. The first-order chi connectivity index (χ1) is 5.68. The quantitative estimate of drug-likeness (QED) is 0.668. The minimum absolute atomic E-state index is 0.647. The Morgan fingerprint density at radius 3 is 1.31 bits per heavy atom. The summed E-state index contributed by atoms with van der Waals surface area (Å²) in [5, 5.41) is 0. The molecule has 1 nitrogen and oxygen atoms in total. The highest BCUT2D eigenvalue weighted by Crippen LogP contribution is 2.39. The molecule has 0 aromatic rings. The van der Waals surface area contributed by atoms with Gasteiger partial charge in [-0.15, -0.1) is 13.2 Å². The predicted octanol–water partition coefficient (Wildman–Crippen LogP) is 3.36. The number of hydrogen-bond acceptors (Lipinski definition) is 1. The zero-order valence-corrected chi connectivity index (χ0v) is 11.9. The van der Waals surface area contributed by atoms with Crippen molar-refractivity contribution >= 4 is 26.6 Å². The largest absolute Gasteiger partial charge is 0.365 e. The third-order valence-electron chi connectivity index (χ3n) is 1.97. The Morgan fingerprint density at radius 2 is 1.31 bits per heavy atom. The van der Waals surface area contributed by atoms with Crippen LogP contribution in [0.4, 0.5) is 0 Å². The van der Waals surface area contributed by atoms with Gasteiger partial charge in [0, 0.05) is 7.11 Å². The summed E-state index contributed by atoms with van der Waals surface area (Å²) in [6, 6.07) is 0. The van der Waals surface area contributed by atoms with E-state index >= 15 is 0 Å². The van der Waals surface area contributed by atoms with Crippen LogP contribution in [0.15, 0.2) is 0 Å². The van der Waals surface area contributed by atoms with Crippen LogP contribution in [-0.4, -0.2) is 52.0 Å².